The molecular formula is C25H25N3O2. The third-order valence-electron chi connectivity index (χ3n) is 5.76. The average Bonchev–Trinajstić information content (AvgIpc) is 3.19. The highest BCUT2D eigenvalue weighted by Gasteiger charge is 2.23. The lowest BCUT2D eigenvalue weighted by Gasteiger charge is -2.18. The molecule has 2 aromatic carbocycles. The molecular weight excluding hydrogens is 374 g/mol. The van der Waals surface area contributed by atoms with E-state index in [-0.39, 0.29) is 0 Å². The second-order valence-corrected chi connectivity index (χ2v) is 7.69. The lowest BCUT2D eigenvalue weighted by molar-refractivity contribution is 0.0527. The van der Waals surface area contributed by atoms with Gasteiger partial charge in [-0.25, -0.2) is 4.79 Å². The molecule has 0 atom stereocenters. The fraction of sp³-hybridized carbons (Fsp3) is 0.320. The first-order chi connectivity index (χ1) is 14.6. The maximum absolute atomic E-state index is 12.6. The number of aromatic nitrogens is 1. The molecule has 0 saturated carbocycles. The number of esters is 1. The molecule has 0 spiro atoms. The first kappa shape index (κ1) is 19.9. The molecule has 5 nitrogen and oxygen atoms in total. The first-order valence-electron chi connectivity index (χ1n) is 10.5. The highest BCUT2D eigenvalue weighted by Crippen LogP contribution is 2.32. The number of benzene rings is 2. The lowest BCUT2D eigenvalue weighted by atomic mass is 10.00. The molecule has 1 aliphatic carbocycles. The van der Waals surface area contributed by atoms with E-state index in [0.29, 0.717) is 29.3 Å². The van der Waals surface area contributed by atoms with Crippen LogP contribution >= 0.6 is 0 Å². The molecule has 1 N–H and O–H groups in total. The van der Waals surface area contributed by atoms with Gasteiger partial charge in [0, 0.05) is 18.1 Å². The Labute approximate surface area is 176 Å². The van der Waals surface area contributed by atoms with E-state index in [4.69, 9.17) is 4.74 Å². The van der Waals surface area contributed by atoms with Crippen molar-refractivity contribution in [3.05, 3.63) is 70.4 Å². The molecule has 0 saturated heterocycles. The van der Waals surface area contributed by atoms with Crippen LogP contribution in [0.15, 0.2) is 42.6 Å². The molecule has 0 amide bonds. The number of nitrogens with zero attached hydrogens (tertiary/aromatic N) is 2. The number of nitrogens with one attached hydrogen (secondary N) is 1. The highest BCUT2D eigenvalue weighted by molar-refractivity contribution is 6.06. The highest BCUT2D eigenvalue weighted by atomic mass is 16.5. The maximum atomic E-state index is 12.6. The zero-order valence-corrected chi connectivity index (χ0v) is 17.4. The van der Waals surface area contributed by atoms with Gasteiger partial charge in [0.2, 0.25) is 0 Å². The van der Waals surface area contributed by atoms with E-state index >= 15 is 0 Å². The van der Waals surface area contributed by atoms with Crippen LogP contribution < -0.4 is 5.32 Å². The Bertz CT molecular complexity index is 1120. The van der Waals surface area contributed by atoms with E-state index in [0.717, 1.165) is 42.3 Å². The van der Waals surface area contributed by atoms with Gasteiger partial charge in [-0.1, -0.05) is 31.2 Å². The SMILES string of the molecule is CCOC(=O)c1cnc2c(CC)cc(C#N)cc2c1NCC1Cc2ccccc2C1. The van der Waals surface area contributed by atoms with Gasteiger partial charge in [0.25, 0.3) is 0 Å². The van der Waals surface area contributed by atoms with E-state index in [1.165, 1.54) is 11.1 Å². The number of hydrogen-bond donors (Lipinski definition) is 1. The molecule has 0 unspecified atom stereocenters. The Kier molecular flexibility index (Phi) is 5.67. The number of carbonyl (C=O) groups excluding carboxylic acids is 1. The van der Waals surface area contributed by atoms with Crippen LogP contribution in [0.1, 0.15) is 46.5 Å². The van der Waals surface area contributed by atoms with Crippen molar-refractivity contribution >= 4 is 22.6 Å². The summed E-state index contributed by atoms with van der Waals surface area (Å²) < 4.78 is 5.27. The summed E-state index contributed by atoms with van der Waals surface area (Å²) in [6.07, 6.45) is 4.39. The summed E-state index contributed by atoms with van der Waals surface area (Å²) in [6.45, 7) is 4.86. The lowest BCUT2D eigenvalue weighted by Crippen LogP contribution is -2.18. The largest absolute Gasteiger partial charge is 0.462 e. The summed E-state index contributed by atoms with van der Waals surface area (Å²) in [5.74, 6) is 0.0509. The monoisotopic (exact) mass is 399 g/mol. The minimum atomic E-state index is -0.399. The molecule has 4 rings (SSSR count). The molecule has 30 heavy (non-hydrogen) atoms. The summed E-state index contributed by atoms with van der Waals surface area (Å²) in [6, 6.07) is 14.5. The Balaban J connectivity index is 1.72. The summed E-state index contributed by atoms with van der Waals surface area (Å²) in [5, 5.41) is 13.8. The van der Waals surface area contributed by atoms with E-state index in [2.05, 4.69) is 40.6 Å². The van der Waals surface area contributed by atoms with Crippen molar-refractivity contribution in [1.29, 1.82) is 5.26 Å². The van der Waals surface area contributed by atoms with Gasteiger partial charge in [-0.3, -0.25) is 4.98 Å². The number of carbonyl (C=O) groups is 1. The van der Waals surface area contributed by atoms with Crippen molar-refractivity contribution in [2.75, 3.05) is 18.5 Å². The van der Waals surface area contributed by atoms with Gasteiger partial charge in [-0.15, -0.1) is 0 Å². The van der Waals surface area contributed by atoms with Gasteiger partial charge >= 0.3 is 5.97 Å². The molecule has 5 heteroatoms. The Morgan fingerprint density at radius 3 is 2.60 bits per heavy atom. The molecule has 3 aromatic rings. The van der Waals surface area contributed by atoms with Gasteiger partial charge in [-0.05, 0) is 60.9 Å². The van der Waals surface area contributed by atoms with Crippen LogP contribution in [-0.4, -0.2) is 24.1 Å². The van der Waals surface area contributed by atoms with E-state index in [9.17, 15) is 10.1 Å². The standard InChI is InChI=1S/C25H25N3O2/c1-3-18-9-16(13-26)12-21-23(18)28-15-22(25(29)30-4-2)24(21)27-14-17-10-19-7-5-6-8-20(19)11-17/h5-9,12,15,17H,3-4,10-11,14H2,1-2H3,(H,27,28). The van der Waals surface area contributed by atoms with Crippen LogP contribution in [0.25, 0.3) is 10.9 Å². The zero-order chi connectivity index (χ0) is 21.1. The van der Waals surface area contributed by atoms with Crippen molar-refractivity contribution in [2.24, 2.45) is 5.92 Å². The van der Waals surface area contributed by atoms with Crippen LogP contribution in [-0.2, 0) is 24.0 Å². The minimum absolute atomic E-state index is 0.298. The topological polar surface area (TPSA) is 75.0 Å². The number of nitriles is 1. The normalized spacial score (nSPS) is 13.1. The van der Waals surface area contributed by atoms with Gasteiger partial charge in [0.15, 0.2) is 0 Å². The second kappa shape index (κ2) is 8.54. The van der Waals surface area contributed by atoms with Crippen molar-refractivity contribution in [1.82, 2.24) is 4.98 Å². The van der Waals surface area contributed by atoms with Gasteiger partial charge in [0.1, 0.15) is 5.56 Å². The predicted molar refractivity (Wildman–Crippen MR) is 118 cm³/mol. The number of aryl methyl sites for hydroxylation is 1. The number of fused-ring (bicyclic) bond motifs is 2. The quantitative estimate of drug-likeness (QED) is 0.610. The molecule has 0 fully saturated rings. The smallest absolute Gasteiger partial charge is 0.341 e. The van der Waals surface area contributed by atoms with Crippen LogP contribution in [0.5, 0.6) is 0 Å². The minimum Gasteiger partial charge on any atom is -0.462 e. The molecule has 152 valence electrons. The Morgan fingerprint density at radius 2 is 1.97 bits per heavy atom. The van der Waals surface area contributed by atoms with E-state index in [1.54, 1.807) is 13.1 Å². The van der Waals surface area contributed by atoms with Crippen molar-refractivity contribution in [3.63, 3.8) is 0 Å². The molecule has 1 aromatic heterocycles. The number of pyridine rings is 1. The Morgan fingerprint density at radius 1 is 1.23 bits per heavy atom. The molecule has 1 aliphatic rings. The van der Waals surface area contributed by atoms with Crippen LogP contribution in [0.4, 0.5) is 5.69 Å². The number of rotatable bonds is 6. The van der Waals surface area contributed by atoms with Gasteiger partial charge in [0.05, 0.1) is 29.4 Å². The van der Waals surface area contributed by atoms with Crippen molar-refractivity contribution < 1.29 is 9.53 Å². The summed E-state index contributed by atoms with van der Waals surface area (Å²) in [4.78, 5) is 17.2. The van der Waals surface area contributed by atoms with Gasteiger partial charge < -0.3 is 10.1 Å². The van der Waals surface area contributed by atoms with Crippen LogP contribution in [0, 0.1) is 17.2 Å². The summed E-state index contributed by atoms with van der Waals surface area (Å²) in [7, 11) is 0. The maximum Gasteiger partial charge on any atom is 0.341 e. The van der Waals surface area contributed by atoms with E-state index in [1.807, 2.05) is 19.1 Å². The van der Waals surface area contributed by atoms with Crippen molar-refractivity contribution in [3.8, 4) is 6.07 Å². The second-order valence-electron chi connectivity index (χ2n) is 7.69. The fourth-order valence-corrected chi connectivity index (χ4v) is 4.31. The summed E-state index contributed by atoms with van der Waals surface area (Å²) in [5.41, 5.74) is 6.30. The summed E-state index contributed by atoms with van der Waals surface area (Å²) >= 11 is 0. The molecule has 1 heterocycles. The van der Waals surface area contributed by atoms with E-state index < -0.39 is 5.97 Å². The number of ether oxygens (including phenoxy) is 1. The molecule has 0 bridgehead atoms. The Hall–Kier alpha value is -3.39. The zero-order valence-electron chi connectivity index (χ0n) is 17.4. The molecule has 0 radical (unpaired) electrons. The average molecular weight is 399 g/mol. The predicted octanol–water partition coefficient (Wildman–Crippen LogP) is 4.67. The number of hydrogen-bond acceptors (Lipinski definition) is 5. The van der Waals surface area contributed by atoms with Crippen LogP contribution in [0.2, 0.25) is 0 Å². The fourth-order valence-electron chi connectivity index (χ4n) is 4.31. The molecule has 0 aliphatic heterocycles. The van der Waals surface area contributed by atoms with Crippen LogP contribution in [0.3, 0.4) is 0 Å². The first-order valence-corrected chi connectivity index (χ1v) is 10.5. The third kappa shape index (κ3) is 3.73. The number of anilines is 1. The van der Waals surface area contributed by atoms with Gasteiger partial charge in [-0.2, -0.15) is 5.26 Å². The van der Waals surface area contributed by atoms with Crippen molar-refractivity contribution in [2.45, 2.75) is 33.1 Å². The third-order valence-corrected chi connectivity index (χ3v) is 5.76.